The molecule has 2 aliphatic rings. The first-order valence-electron chi connectivity index (χ1n) is 12.2. The van der Waals surface area contributed by atoms with Crippen LogP contribution in [0.15, 0.2) is 30.6 Å². The summed E-state index contributed by atoms with van der Waals surface area (Å²) in [7, 11) is 0. The van der Waals surface area contributed by atoms with Crippen LogP contribution >= 0.6 is 0 Å². The Morgan fingerprint density at radius 2 is 1.94 bits per heavy atom. The molecule has 9 heteroatoms. The Labute approximate surface area is 198 Å². The molecule has 0 radical (unpaired) electrons. The van der Waals surface area contributed by atoms with Gasteiger partial charge in [-0.15, -0.1) is 0 Å². The van der Waals surface area contributed by atoms with Crippen LogP contribution in [-0.2, 0) is 22.5 Å². The molecule has 0 spiro atoms. The average Bonchev–Trinajstić information content (AvgIpc) is 3.05. The smallest absolute Gasteiger partial charge is 0.338 e. The lowest BCUT2D eigenvalue weighted by Crippen LogP contribution is -2.41. The van der Waals surface area contributed by atoms with Crippen molar-refractivity contribution in [1.82, 2.24) is 19.5 Å². The molecule has 5 rings (SSSR count). The number of anilines is 2. The van der Waals surface area contributed by atoms with Gasteiger partial charge in [0.05, 0.1) is 18.1 Å². The first-order chi connectivity index (χ1) is 16.6. The lowest BCUT2D eigenvalue weighted by Gasteiger charge is -2.32. The van der Waals surface area contributed by atoms with E-state index in [0.717, 1.165) is 68.0 Å². The van der Waals surface area contributed by atoms with E-state index in [9.17, 15) is 9.59 Å². The van der Waals surface area contributed by atoms with E-state index >= 15 is 0 Å². The van der Waals surface area contributed by atoms with E-state index in [1.54, 1.807) is 37.5 Å². The molecule has 178 valence electrons. The Morgan fingerprint density at radius 1 is 1.09 bits per heavy atom. The predicted molar refractivity (Wildman–Crippen MR) is 129 cm³/mol. The topological polar surface area (TPSA) is 102 Å². The number of esters is 1. The Balaban J connectivity index is 1.30. The van der Waals surface area contributed by atoms with Crippen molar-refractivity contribution in [2.75, 3.05) is 29.9 Å². The van der Waals surface area contributed by atoms with E-state index in [1.165, 1.54) is 6.42 Å². The number of hydrogen-bond donors (Lipinski definition) is 1. The van der Waals surface area contributed by atoms with Crippen molar-refractivity contribution in [3.05, 3.63) is 42.0 Å². The SMILES string of the molecule is CCOC(=O)c1ccc(NC(=O)[C@@H]2CCCN(c3ncnc4c3nc3n4CCCCC3)C2)cc1. The largest absolute Gasteiger partial charge is 0.462 e. The van der Waals surface area contributed by atoms with Gasteiger partial charge in [0.2, 0.25) is 5.91 Å². The number of nitrogens with zero attached hydrogens (tertiary/aromatic N) is 5. The highest BCUT2D eigenvalue weighted by Gasteiger charge is 2.29. The molecule has 1 N–H and O–H groups in total. The average molecular weight is 463 g/mol. The molecule has 1 fully saturated rings. The number of benzene rings is 1. The molecule has 0 unspecified atom stereocenters. The molecule has 3 aromatic rings. The lowest BCUT2D eigenvalue weighted by molar-refractivity contribution is -0.120. The zero-order valence-corrected chi connectivity index (χ0v) is 19.5. The standard InChI is InChI=1S/C25H30N6O3/c1-2-34-25(33)17-9-11-19(12-10-17)28-24(32)18-7-6-13-30(15-18)22-21-23(27-16-26-22)31-14-5-3-4-8-20(31)29-21/h9-12,16,18H,2-8,13-15H2,1H3,(H,28,32)/t18-/m1/s1. The van der Waals surface area contributed by atoms with Crippen LogP contribution in [0.2, 0.25) is 0 Å². The van der Waals surface area contributed by atoms with Crippen LogP contribution in [0.5, 0.6) is 0 Å². The zero-order valence-electron chi connectivity index (χ0n) is 19.5. The van der Waals surface area contributed by atoms with E-state index < -0.39 is 0 Å². The van der Waals surface area contributed by atoms with Crippen molar-refractivity contribution in [2.45, 2.75) is 52.0 Å². The Morgan fingerprint density at radius 3 is 2.76 bits per heavy atom. The van der Waals surface area contributed by atoms with E-state index in [-0.39, 0.29) is 17.8 Å². The highest BCUT2D eigenvalue weighted by molar-refractivity contribution is 5.95. The normalized spacial score (nSPS) is 18.3. The molecule has 4 heterocycles. The first-order valence-corrected chi connectivity index (χ1v) is 12.2. The highest BCUT2D eigenvalue weighted by atomic mass is 16.5. The number of rotatable bonds is 5. The quantitative estimate of drug-likeness (QED) is 0.578. The van der Waals surface area contributed by atoms with E-state index in [4.69, 9.17) is 9.72 Å². The van der Waals surface area contributed by atoms with Crippen molar-refractivity contribution < 1.29 is 14.3 Å². The summed E-state index contributed by atoms with van der Waals surface area (Å²) in [6.45, 7) is 4.47. The van der Waals surface area contributed by atoms with Gasteiger partial charge < -0.3 is 19.5 Å². The summed E-state index contributed by atoms with van der Waals surface area (Å²) >= 11 is 0. The van der Waals surface area contributed by atoms with Crippen molar-refractivity contribution in [2.24, 2.45) is 5.92 Å². The van der Waals surface area contributed by atoms with Crippen LogP contribution in [0.1, 0.15) is 55.2 Å². The molecule has 1 aromatic carbocycles. The monoisotopic (exact) mass is 462 g/mol. The summed E-state index contributed by atoms with van der Waals surface area (Å²) in [5, 5.41) is 3.00. The maximum atomic E-state index is 13.0. The number of carbonyl (C=O) groups excluding carboxylic acids is 2. The fourth-order valence-electron chi connectivity index (χ4n) is 4.89. The maximum absolute atomic E-state index is 13.0. The number of piperidine rings is 1. The third-order valence-corrected chi connectivity index (χ3v) is 6.63. The van der Waals surface area contributed by atoms with Gasteiger partial charge >= 0.3 is 5.97 Å². The summed E-state index contributed by atoms with van der Waals surface area (Å²) in [5.74, 6) is 1.35. The molecule has 2 aliphatic heterocycles. The first kappa shape index (κ1) is 22.3. The third kappa shape index (κ3) is 4.47. The van der Waals surface area contributed by atoms with Gasteiger partial charge in [-0.3, -0.25) is 4.79 Å². The van der Waals surface area contributed by atoms with Crippen molar-refractivity contribution in [1.29, 1.82) is 0 Å². The molecule has 1 saturated heterocycles. The number of amides is 1. The van der Waals surface area contributed by atoms with Gasteiger partial charge in [0.25, 0.3) is 0 Å². The second-order valence-electron chi connectivity index (χ2n) is 8.93. The zero-order chi connectivity index (χ0) is 23.5. The van der Waals surface area contributed by atoms with Crippen molar-refractivity contribution in [3.63, 3.8) is 0 Å². The second kappa shape index (κ2) is 9.79. The lowest BCUT2D eigenvalue weighted by atomic mass is 9.97. The summed E-state index contributed by atoms with van der Waals surface area (Å²) < 4.78 is 7.25. The van der Waals surface area contributed by atoms with Gasteiger partial charge in [0, 0.05) is 31.7 Å². The van der Waals surface area contributed by atoms with Crippen LogP contribution in [0.4, 0.5) is 11.5 Å². The van der Waals surface area contributed by atoms with Crippen LogP contribution in [0, 0.1) is 5.92 Å². The molecule has 0 saturated carbocycles. The fraction of sp³-hybridized carbons (Fsp3) is 0.480. The van der Waals surface area contributed by atoms with Crippen LogP contribution < -0.4 is 10.2 Å². The van der Waals surface area contributed by atoms with Crippen molar-refractivity contribution >= 4 is 34.5 Å². The minimum atomic E-state index is -0.365. The number of nitrogens with one attached hydrogen (secondary N) is 1. The number of carbonyl (C=O) groups is 2. The van der Waals surface area contributed by atoms with Gasteiger partial charge in [0.15, 0.2) is 17.0 Å². The van der Waals surface area contributed by atoms with Gasteiger partial charge in [-0.2, -0.15) is 0 Å². The molecule has 34 heavy (non-hydrogen) atoms. The molecule has 2 aromatic heterocycles. The van der Waals surface area contributed by atoms with E-state index in [1.807, 2.05) is 0 Å². The molecule has 9 nitrogen and oxygen atoms in total. The van der Waals surface area contributed by atoms with Gasteiger partial charge in [0.1, 0.15) is 12.2 Å². The number of aromatic nitrogens is 4. The summed E-state index contributed by atoms with van der Waals surface area (Å²) in [5.41, 5.74) is 2.87. The van der Waals surface area contributed by atoms with Crippen LogP contribution in [0.25, 0.3) is 11.2 Å². The minimum absolute atomic E-state index is 0.0282. The van der Waals surface area contributed by atoms with Crippen LogP contribution in [-0.4, -0.2) is 51.1 Å². The summed E-state index contributed by atoms with van der Waals surface area (Å²) in [4.78, 5) is 41.1. The van der Waals surface area contributed by atoms with E-state index in [0.29, 0.717) is 24.4 Å². The molecule has 1 amide bonds. The number of aryl methyl sites for hydroxylation is 2. The van der Waals surface area contributed by atoms with E-state index in [2.05, 4.69) is 24.8 Å². The Kier molecular flexibility index (Phi) is 6.42. The van der Waals surface area contributed by atoms with Gasteiger partial charge in [-0.05, 0) is 56.9 Å². The minimum Gasteiger partial charge on any atom is -0.462 e. The molecular formula is C25H30N6O3. The summed E-state index contributed by atoms with van der Waals surface area (Å²) in [6.07, 6.45) is 7.82. The predicted octanol–water partition coefficient (Wildman–Crippen LogP) is 3.58. The molecule has 1 atom stereocenters. The molecule has 0 bridgehead atoms. The highest BCUT2D eigenvalue weighted by Crippen LogP contribution is 2.29. The number of imidazole rings is 1. The number of hydrogen-bond acceptors (Lipinski definition) is 7. The van der Waals surface area contributed by atoms with Gasteiger partial charge in [-0.25, -0.2) is 19.7 Å². The number of fused-ring (bicyclic) bond motifs is 3. The summed E-state index contributed by atoms with van der Waals surface area (Å²) in [6, 6.07) is 6.80. The van der Waals surface area contributed by atoms with Crippen LogP contribution in [0.3, 0.4) is 0 Å². The molecular weight excluding hydrogens is 432 g/mol. The third-order valence-electron chi connectivity index (χ3n) is 6.63. The fourth-order valence-corrected chi connectivity index (χ4v) is 4.89. The van der Waals surface area contributed by atoms with Gasteiger partial charge in [-0.1, -0.05) is 6.42 Å². The molecule has 0 aliphatic carbocycles. The maximum Gasteiger partial charge on any atom is 0.338 e. The Bertz CT molecular complexity index is 1190. The number of ether oxygens (including phenoxy) is 1. The van der Waals surface area contributed by atoms with Crippen molar-refractivity contribution in [3.8, 4) is 0 Å². The second-order valence-corrected chi connectivity index (χ2v) is 8.93. The Hall–Kier alpha value is -3.49.